The normalized spacial score (nSPS) is 21.8. The van der Waals surface area contributed by atoms with Crippen LogP contribution in [-0.4, -0.2) is 22.8 Å². The Morgan fingerprint density at radius 3 is 2.94 bits per heavy atom. The second-order valence-electron chi connectivity index (χ2n) is 3.95. The van der Waals surface area contributed by atoms with Gasteiger partial charge in [-0.1, -0.05) is 0 Å². The van der Waals surface area contributed by atoms with Gasteiger partial charge >= 0.3 is 0 Å². The number of non-ortho nitro benzene ring substituents is 1. The largest absolute Gasteiger partial charge is 0.295 e. The Kier molecular flexibility index (Phi) is 2.35. The Morgan fingerprint density at radius 2 is 2.22 bits per heavy atom. The van der Waals surface area contributed by atoms with Crippen LogP contribution in [0.25, 0.3) is 0 Å². The lowest BCUT2D eigenvalue weighted by Crippen LogP contribution is -2.43. The lowest BCUT2D eigenvalue weighted by molar-refractivity contribution is -0.385. The fourth-order valence-electron chi connectivity index (χ4n) is 2.03. The summed E-state index contributed by atoms with van der Waals surface area (Å²) in [6.07, 6.45) is -0.230. The number of anilines is 1. The van der Waals surface area contributed by atoms with Crippen molar-refractivity contribution in [2.45, 2.75) is 17.5 Å². The smallest absolute Gasteiger partial charge is 0.289 e. The summed E-state index contributed by atoms with van der Waals surface area (Å²) in [6.45, 7) is 0. The summed E-state index contributed by atoms with van der Waals surface area (Å²) < 4.78 is 2.94. The van der Waals surface area contributed by atoms with Gasteiger partial charge in [-0.05, 0) is 18.0 Å². The molecule has 1 atom stereocenters. The van der Waals surface area contributed by atoms with E-state index in [1.54, 1.807) is 0 Å². The standard InChI is InChI=1S/C10H7N3O4S/c14-7-4-9-11-18-8-3-5(13(16)17)1-2-6(8)12(9)10(7)15/h1-3,9,11H,4H2. The number of rotatable bonds is 1. The molecule has 0 spiro atoms. The molecule has 2 aliphatic heterocycles. The van der Waals surface area contributed by atoms with Crippen molar-refractivity contribution < 1.29 is 14.5 Å². The zero-order valence-corrected chi connectivity index (χ0v) is 9.77. The number of benzene rings is 1. The zero-order chi connectivity index (χ0) is 12.9. The van der Waals surface area contributed by atoms with Gasteiger partial charge in [0.25, 0.3) is 11.6 Å². The van der Waals surface area contributed by atoms with Gasteiger partial charge in [0.15, 0.2) is 0 Å². The molecule has 1 unspecified atom stereocenters. The molecule has 1 aromatic rings. The maximum Gasteiger partial charge on any atom is 0.295 e. The van der Waals surface area contributed by atoms with Crippen molar-refractivity contribution in [1.29, 1.82) is 0 Å². The van der Waals surface area contributed by atoms with Gasteiger partial charge in [0.2, 0.25) is 5.78 Å². The first-order valence-corrected chi connectivity index (χ1v) is 5.97. The van der Waals surface area contributed by atoms with E-state index >= 15 is 0 Å². The third-order valence-electron chi connectivity index (χ3n) is 2.87. The number of carbonyl (C=O) groups is 2. The highest BCUT2D eigenvalue weighted by Gasteiger charge is 2.42. The highest BCUT2D eigenvalue weighted by Crippen LogP contribution is 2.39. The highest BCUT2D eigenvalue weighted by molar-refractivity contribution is 7.97. The van der Waals surface area contributed by atoms with Gasteiger partial charge < -0.3 is 0 Å². The summed E-state index contributed by atoms with van der Waals surface area (Å²) in [7, 11) is 0. The van der Waals surface area contributed by atoms with Crippen LogP contribution in [0.15, 0.2) is 23.1 Å². The van der Waals surface area contributed by atoms with E-state index in [-0.39, 0.29) is 18.3 Å². The molecule has 0 saturated carbocycles. The lowest BCUT2D eigenvalue weighted by atomic mass is 10.2. The predicted molar refractivity (Wildman–Crippen MR) is 63.0 cm³/mol. The van der Waals surface area contributed by atoms with Crippen LogP contribution in [0.5, 0.6) is 0 Å². The van der Waals surface area contributed by atoms with Crippen LogP contribution in [0.3, 0.4) is 0 Å². The van der Waals surface area contributed by atoms with Gasteiger partial charge in [-0.2, -0.15) is 0 Å². The number of Topliss-reactive ketones (excluding diaryl/α,β-unsaturated/α-hetero) is 1. The van der Waals surface area contributed by atoms with Gasteiger partial charge in [0.1, 0.15) is 6.17 Å². The van der Waals surface area contributed by atoms with Crippen LogP contribution in [0, 0.1) is 10.1 Å². The molecule has 0 aliphatic carbocycles. The topological polar surface area (TPSA) is 92.5 Å². The molecule has 2 heterocycles. The van der Waals surface area contributed by atoms with Crippen LogP contribution in [-0.2, 0) is 9.59 Å². The fraction of sp³-hybridized carbons (Fsp3) is 0.200. The molecule has 3 rings (SSSR count). The maximum atomic E-state index is 11.7. The first kappa shape index (κ1) is 11.2. The number of fused-ring (bicyclic) bond motifs is 3. The Balaban J connectivity index is 2.07. The quantitative estimate of drug-likeness (QED) is 0.350. The van der Waals surface area contributed by atoms with Crippen molar-refractivity contribution in [3.63, 3.8) is 0 Å². The minimum Gasteiger partial charge on any atom is -0.289 e. The molecule has 7 nitrogen and oxygen atoms in total. The number of hydrogen-bond donors (Lipinski definition) is 1. The second-order valence-corrected chi connectivity index (χ2v) is 4.83. The molecule has 18 heavy (non-hydrogen) atoms. The van der Waals surface area contributed by atoms with Crippen molar-refractivity contribution in [2.75, 3.05) is 4.90 Å². The van der Waals surface area contributed by atoms with Crippen LogP contribution in [0.1, 0.15) is 6.42 Å². The summed E-state index contributed by atoms with van der Waals surface area (Å²) in [5, 5.41) is 10.7. The van der Waals surface area contributed by atoms with E-state index < -0.39 is 16.6 Å². The maximum absolute atomic E-state index is 11.7. The summed E-state index contributed by atoms with van der Waals surface area (Å²) in [5.74, 6) is -1.01. The zero-order valence-electron chi connectivity index (χ0n) is 8.95. The number of ketones is 1. The van der Waals surface area contributed by atoms with Gasteiger partial charge in [-0.15, -0.1) is 0 Å². The van der Waals surface area contributed by atoms with Gasteiger partial charge in [0, 0.05) is 12.1 Å². The minimum absolute atomic E-state index is 0.0422. The van der Waals surface area contributed by atoms with E-state index in [4.69, 9.17) is 0 Å². The van der Waals surface area contributed by atoms with Crippen LogP contribution >= 0.6 is 11.9 Å². The van der Waals surface area contributed by atoms with Crippen molar-refractivity contribution >= 4 is 35.0 Å². The predicted octanol–water partition coefficient (Wildman–Crippen LogP) is 0.837. The number of amides is 1. The van der Waals surface area contributed by atoms with Crippen LogP contribution < -0.4 is 9.62 Å². The molecular formula is C10H7N3O4S. The number of hydrogen-bond acceptors (Lipinski definition) is 6. The lowest BCUT2D eigenvalue weighted by Gasteiger charge is -2.30. The number of nitro groups is 1. The summed E-state index contributed by atoms with van der Waals surface area (Å²) in [4.78, 5) is 35.2. The van der Waals surface area contributed by atoms with E-state index in [1.807, 2.05) is 0 Å². The van der Waals surface area contributed by atoms with Crippen molar-refractivity contribution in [1.82, 2.24) is 4.72 Å². The monoisotopic (exact) mass is 265 g/mol. The van der Waals surface area contributed by atoms with Gasteiger partial charge in [-0.25, -0.2) is 4.72 Å². The fourth-order valence-corrected chi connectivity index (χ4v) is 2.93. The minimum atomic E-state index is -0.567. The van der Waals surface area contributed by atoms with E-state index in [1.165, 1.54) is 35.0 Å². The molecule has 92 valence electrons. The summed E-state index contributed by atoms with van der Waals surface area (Å²) in [6, 6.07) is 4.22. The molecule has 0 aromatic heterocycles. The number of nitro benzene ring substituents is 1. The SMILES string of the molecule is O=C1CC2NSc3cc([N+](=O)[O-])ccc3N2C1=O. The van der Waals surface area contributed by atoms with E-state index in [2.05, 4.69) is 4.72 Å². The molecule has 1 saturated heterocycles. The highest BCUT2D eigenvalue weighted by atomic mass is 32.2. The Hall–Kier alpha value is -1.93. The second kappa shape index (κ2) is 3.79. The van der Waals surface area contributed by atoms with Crippen LogP contribution in [0.2, 0.25) is 0 Å². The van der Waals surface area contributed by atoms with Gasteiger partial charge in [0.05, 0.1) is 21.9 Å². The first-order chi connectivity index (χ1) is 8.58. The Morgan fingerprint density at radius 1 is 1.44 bits per heavy atom. The molecule has 0 radical (unpaired) electrons. The molecular weight excluding hydrogens is 258 g/mol. The summed E-state index contributed by atoms with van der Waals surface area (Å²) in [5.41, 5.74) is 0.504. The average Bonchev–Trinajstić information content (AvgIpc) is 2.65. The van der Waals surface area contributed by atoms with E-state index in [0.29, 0.717) is 10.6 Å². The van der Waals surface area contributed by atoms with Crippen LogP contribution in [0.4, 0.5) is 11.4 Å². The third-order valence-corrected chi connectivity index (χ3v) is 3.80. The van der Waals surface area contributed by atoms with E-state index in [0.717, 1.165) is 0 Å². The number of carbonyl (C=O) groups excluding carboxylic acids is 2. The van der Waals surface area contributed by atoms with Crippen molar-refractivity contribution in [3.05, 3.63) is 28.3 Å². The molecule has 2 aliphatic rings. The average molecular weight is 265 g/mol. The number of nitrogens with zero attached hydrogens (tertiary/aromatic N) is 2. The molecule has 1 aromatic carbocycles. The van der Waals surface area contributed by atoms with Crippen molar-refractivity contribution in [3.8, 4) is 0 Å². The van der Waals surface area contributed by atoms with Crippen molar-refractivity contribution in [2.24, 2.45) is 0 Å². The van der Waals surface area contributed by atoms with E-state index in [9.17, 15) is 19.7 Å². The number of nitrogens with one attached hydrogen (secondary N) is 1. The molecule has 0 bridgehead atoms. The molecule has 1 N–H and O–H groups in total. The van der Waals surface area contributed by atoms with Gasteiger partial charge in [-0.3, -0.25) is 24.6 Å². The molecule has 8 heteroatoms. The molecule has 1 fully saturated rings. The Labute approximate surface area is 105 Å². The Bertz CT molecular complexity index is 588. The molecule has 1 amide bonds. The third kappa shape index (κ3) is 1.50. The first-order valence-electron chi connectivity index (χ1n) is 5.15. The summed E-state index contributed by atoms with van der Waals surface area (Å²) >= 11 is 1.20.